The summed E-state index contributed by atoms with van der Waals surface area (Å²) in [4.78, 5) is 0. The second kappa shape index (κ2) is 1.89. The first-order valence-electron chi connectivity index (χ1n) is 2.39. The van der Waals surface area contributed by atoms with Crippen molar-refractivity contribution in [3.05, 3.63) is 0 Å². The predicted octanol–water partition coefficient (Wildman–Crippen LogP) is 0.911. The van der Waals surface area contributed by atoms with E-state index in [4.69, 9.17) is 0 Å². The molecule has 1 heterocycles. The molecule has 0 saturated heterocycles. The van der Waals surface area contributed by atoms with Crippen molar-refractivity contribution in [1.82, 2.24) is 5.43 Å². The van der Waals surface area contributed by atoms with Crippen LogP contribution < -0.4 is 5.43 Å². The number of hydrogen-bond donors (Lipinski definition) is 0. The minimum atomic E-state index is -4.21. The van der Waals surface area contributed by atoms with Gasteiger partial charge in [-0.3, -0.25) is 0 Å². The third kappa shape index (κ3) is 1.34. The Morgan fingerprint density at radius 3 is 2.33 bits per heavy atom. The minimum Gasteiger partial charge on any atom is -0.176 e. The van der Waals surface area contributed by atoms with E-state index in [9.17, 15) is 13.2 Å². The molecule has 1 aliphatic rings. The molecule has 1 atom stereocenters. The second-order valence-corrected chi connectivity index (χ2v) is 1.71. The summed E-state index contributed by atoms with van der Waals surface area (Å²) < 4.78 is 34.8. The molecular weight excluding hydrogens is 133 g/mol. The van der Waals surface area contributed by atoms with E-state index in [1.54, 1.807) is 0 Å². The van der Waals surface area contributed by atoms with E-state index in [1.807, 2.05) is 0 Å². The summed E-state index contributed by atoms with van der Waals surface area (Å²) in [6.45, 7) is 0. The molecule has 0 bridgehead atoms. The predicted molar refractivity (Wildman–Crippen MR) is 25.1 cm³/mol. The largest absolute Gasteiger partial charge is 0.412 e. The van der Waals surface area contributed by atoms with Gasteiger partial charge in [0.2, 0.25) is 0 Å². The van der Waals surface area contributed by atoms with E-state index < -0.39 is 12.2 Å². The van der Waals surface area contributed by atoms with Crippen LogP contribution in [0.15, 0.2) is 5.10 Å². The van der Waals surface area contributed by atoms with Crippen molar-refractivity contribution >= 4 is 6.21 Å². The molecule has 1 radical (unpaired) electrons. The van der Waals surface area contributed by atoms with Gasteiger partial charge in [0, 0.05) is 12.6 Å². The van der Waals surface area contributed by atoms with Crippen LogP contribution >= 0.6 is 0 Å². The fourth-order valence-electron chi connectivity index (χ4n) is 0.521. The molecule has 51 valence electrons. The van der Waals surface area contributed by atoms with Gasteiger partial charge < -0.3 is 0 Å². The van der Waals surface area contributed by atoms with Gasteiger partial charge in [-0.2, -0.15) is 23.7 Å². The van der Waals surface area contributed by atoms with E-state index in [0.29, 0.717) is 0 Å². The summed E-state index contributed by atoms with van der Waals surface area (Å²) in [7, 11) is 0. The second-order valence-electron chi connectivity index (χ2n) is 1.71. The zero-order valence-corrected chi connectivity index (χ0v) is 4.39. The molecule has 0 aromatic rings. The SMILES string of the molecule is FC(F)(F)C1CC=N[N]1. The Morgan fingerprint density at radius 2 is 2.11 bits per heavy atom. The normalized spacial score (nSPS) is 26.3. The molecule has 5 heteroatoms. The van der Waals surface area contributed by atoms with Gasteiger partial charge in [-0.15, -0.1) is 0 Å². The number of halogens is 3. The zero-order chi connectivity index (χ0) is 6.91. The van der Waals surface area contributed by atoms with Gasteiger partial charge >= 0.3 is 6.18 Å². The molecule has 0 aromatic heterocycles. The molecule has 0 N–H and O–H groups in total. The number of nitrogens with zero attached hydrogens (tertiary/aromatic N) is 2. The highest BCUT2D eigenvalue weighted by atomic mass is 19.4. The average Bonchev–Trinajstić information content (AvgIpc) is 2.08. The molecule has 1 aliphatic heterocycles. The molecular formula is C4H4F3N2. The molecule has 2 nitrogen and oxygen atoms in total. The van der Waals surface area contributed by atoms with Gasteiger partial charge in [-0.05, 0) is 0 Å². The molecule has 1 rings (SSSR count). The standard InChI is InChI=1S/C4H4F3N2/c5-4(6,7)3-1-2-8-9-3/h2-3H,1H2. The van der Waals surface area contributed by atoms with Gasteiger partial charge in [0.1, 0.15) is 0 Å². The first kappa shape index (κ1) is 6.38. The number of rotatable bonds is 0. The Hall–Kier alpha value is -0.740. The fraction of sp³-hybridized carbons (Fsp3) is 0.750. The Balaban J connectivity index is 2.46. The van der Waals surface area contributed by atoms with E-state index in [1.165, 1.54) is 0 Å². The van der Waals surface area contributed by atoms with Crippen molar-refractivity contribution < 1.29 is 13.2 Å². The van der Waals surface area contributed by atoms with Crippen molar-refractivity contribution in [2.75, 3.05) is 0 Å². The summed E-state index contributed by atoms with van der Waals surface area (Å²) in [5.74, 6) is 0. The van der Waals surface area contributed by atoms with E-state index >= 15 is 0 Å². The first-order valence-corrected chi connectivity index (χ1v) is 2.39. The van der Waals surface area contributed by atoms with Crippen molar-refractivity contribution in [3.63, 3.8) is 0 Å². The summed E-state index contributed by atoms with van der Waals surface area (Å²) in [5, 5.41) is 3.11. The lowest BCUT2D eigenvalue weighted by molar-refractivity contribution is -0.152. The van der Waals surface area contributed by atoms with Crippen LogP contribution in [0.3, 0.4) is 0 Å². The summed E-state index contributed by atoms with van der Waals surface area (Å²) in [6.07, 6.45) is -3.15. The van der Waals surface area contributed by atoms with Crippen LogP contribution in [0.25, 0.3) is 0 Å². The molecule has 0 fully saturated rings. The van der Waals surface area contributed by atoms with Crippen LogP contribution in [0.5, 0.6) is 0 Å². The van der Waals surface area contributed by atoms with Gasteiger partial charge in [-0.1, -0.05) is 0 Å². The molecule has 0 spiro atoms. The van der Waals surface area contributed by atoms with Gasteiger partial charge in [0.15, 0.2) is 6.04 Å². The highest BCUT2D eigenvalue weighted by Crippen LogP contribution is 2.24. The molecule has 0 aromatic carbocycles. The Kier molecular flexibility index (Phi) is 1.34. The Labute approximate surface area is 49.7 Å². The van der Waals surface area contributed by atoms with Crippen LogP contribution in [-0.2, 0) is 0 Å². The Bertz CT molecular complexity index is 120. The molecule has 1 unspecified atom stereocenters. The van der Waals surface area contributed by atoms with Crippen molar-refractivity contribution in [1.29, 1.82) is 0 Å². The van der Waals surface area contributed by atoms with Crippen LogP contribution in [0.1, 0.15) is 6.42 Å². The summed E-state index contributed by atoms with van der Waals surface area (Å²) >= 11 is 0. The van der Waals surface area contributed by atoms with E-state index in [0.717, 1.165) is 6.21 Å². The maximum atomic E-state index is 11.6. The quantitative estimate of drug-likeness (QED) is 0.474. The van der Waals surface area contributed by atoms with Gasteiger partial charge in [-0.25, -0.2) is 0 Å². The lowest BCUT2D eigenvalue weighted by Gasteiger charge is -2.10. The van der Waals surface area contributed by atoms with Crippen molar-refractivity contribution in [3.8, 4) is 0 Å². The number of hydrogen-bond acceptors (Lipinski definition) is 1. The molecule has 0 saturated carbocycles. The lowest BCUT2D eigenvalue weighted by Crippen LogP contribution is -2.32. The highest BCUT2D eigenvalue weighted by molar-refractivity contribution is 5.59. The monoisotopic (exact) mass is 137 g/mol. The Morgan fingerprint density at radius 1 is 1.44 bits per heavy atom. The van der Waals surface area contributed by atoms with Gasteiger partial charge in [0.25, 0.3) is 0 Å². The molecule has 9 heavy (non-hydrogen) atoms. The number of alkyl halides is 3. The lowest BCUT2D eigenvalue weighted by atomic mass is 10.2. The van der Waals surface area contributed by atoms with E-state index in [2.05, 4.69) is 10.5 Å². The molecule has 0 amide bonds. The van der Waals surface area contributed by atoms with Crippen LogP contribution in [0.2, 0.25) is 0 Å². The van der Waals surface area contributed by atoms with Crippen LogP contribution in [-0.4, -0.2) is 18.4 Å². The van der Waals surface area contributed by atoms with Crippen molar-refractivity contribution in [2.45, 2.75) is 18.6 Å². The first-order chi connectivity index (χ1) is 4.11. The third-order valence-electron chi connectivity index (χ3n) is 0.994. The zero-order valence-electron chi connectivity index (χ0n) is 4.39. The minimum absolute atomic E-state index is 0.108. The summed E-state index contributed by atoms with van der Waals surface area (Å²) in [5.41, 5.74) is 2.95. The fourth-order valence-corrected chi connectivity index (χ4v) is 0.521. The maximum Gasteiger partial charge on any atom is 0.412 e. The maximum absolute atomic E-state index is 11.6. The summed E-state index contributed by atoms with van der Waals surface area (Å²) in [6, 6.07) is -1.59. The van der Waals surface area contributed by atoms with Crippen LogP contribution in [0.4, 0.5) is 13.2 Å². The van der Waals surface area contributed by atoms with Crippen LogP contribution in [0, 0.1) is 0 Å². The van der Waals surface area contributed by atoms with E-state index in [-0.39, 0.29) is 6.42 Å². The van der Waals surface area contributed by atoms with Crippen molar-refractivity contribution in [2.24, 2.45) is 5.10 Å². The molecule has 0 aliphatic carbocycles. The van der Waals surface area contributed by atoms with Gasteiger partial charge in [0.05, 0.1) is 0 Å². The average molecular weight is 137 g/mol. The topological polar surface area (TPSA) is 26.5 Å². The highest BCUT2D eigenvalue weighted by Gasteiger charge is 2.41. The third-order valence-corrected chi connectivity index (χ3v) is 0.994. The smallest absolute Gasteiger partial charge is 0.176 e.